The van der Waals surface area contributed by atoms with Gasteiger partial charge in [-0.1, -0.05) is 12.0 Å². The fourth-order valence-electron chi connectivity index (χ4n) is 0.819. The lowest BCUT2D eigenvalue weighted by Crippen LogP contribution is -2.34. The van der Waals surface area contributed by atoms with Crippen molar-refractivity contribution in [1.29, 1.82) is 0 Å². The highest BCUT2D eigenvalue weighted by Gasteiger charge is 2.04. The number of terminal acetylenes is 1. The van der Waals surface area contributed by atoms with E-state index >= 15 is 0 Å². The van der Waals surface area contributed by atoms with Crippen molar-refractivity contribution in [3.05, 3.63) is 29.6 Å². The van der Waals surface area contributed by atoms with Crippen molar-refractivity contribution in [3.63, 3.8) is 0 Å². The normalized spacial score (nSPS) is 8.92. The average Bonchev–Trinajstić information content (AvgIpc) is 2.18. The summed E-state index contributed by atoms with van der Waals surface area (Å²) in [6.45, 7) is 0. The third kappa shape index (κ3) is 2.29. The topological polar surface area (TPSA) is 54.0 Å². The van der Waals surface area contributed by atoms with Gasteiger partial charge in [0.15, 0.2) is 0 Å². The number of hydrogen-bond acceptors (Lipinski definition) is 3. The summed E-state index contributed by atoms with van der Waals surface area (Å²) in [7, 11) is 1.60. The van der Waals surface area contributed by atoms with E-state index in [1.165, 1.54) is 0 Å². The first-order chi connectivity index (χ1) is 6.27. The summed E-state index contributed by atoms with van der Waals surface area (Å²) < 4.78 is 0. The van der Waals surface area contributed by atoms with Crippen molar-refractivity contribution in [1.82, 2.24) is 15.8 Å². The lowest BCUT2D eigenvalue weighted by molar-refractivity contribution is 0.0933. The molecule has 0 unspecified atom stereocenters. The molecule has 0 aliphatic heterocycles. The van der Waals surface area contributed by atoms with Gasteiger partial charge >= 0.3 is 0 Å². The van der Waals surface area contributed by atoms with Gasteiger partial charge in [0.05, 0.1) is 0 Å². The van der Waals surface area contributed by atoms with Crippen LogP contribution in [0.5, 0.6) is 0 Å². The van der Waals surface area contributed by atoms with Crippen LogP contribution in [0.1, 0.15) is 16.2 Å². The van der Waals surface area contributed by atoms with Crippen LogP contribution in [0.15, 0.2) is 18.2 Å². The molecule has 4 heteroatoms. The molecule has 1 heterocycles. The van der Waals surface area contributed by atoms with Crippen molar-refractivity contribution < 1.29 is 4.79 Å². The van der Waals surface area contributed by atoms with Gasteiger partial charge in [-0.3, -0.25) is 10.2 Å². The Morgan fingerprint density at radius 3 is 3.00 bits per heavy atom. The monoisotopic (exact) mass is 175 g/mol. The summed E-state index contributed by atoms with van der Waals surface area (Å²) in [5.41, 5.74) is 5.65. The first kappa shape index (κ1) is 9.23. The molecule has 0 aromatic carbocycles. The molecule has 0 fully saturated rings. The number of nitrogens with zero attached hydrogens (tertiary/aromatic N) is 1. The van der Waals surface area contributed by atoms with E-state index < -0.39 is 0 Å². The maximum atomic E-state index is 11.2. The van der Waals surface area contributed by atoms with Crippen molar-refractivity contribution in [2.75, 3.05) is 7.05 Å². The SMILES string of the molecule is C#Cc1cccc(C(=O)NNC)n1. The van der Waals surface area contributed by atoms with Crippen LogP contribution in [0, 0.1) is 12.3 Å². The Balaban J connectivity index is 2.90. The summed E-state index contributed by atoms with van der Waals surface area (Å²) >= 11 is 0. The number of pyridine rings is 1. The van der Waals surface area contributed by atoms with Crippen LogP contribution < -0.4 is 10.9 Å². The molecule has 0 bridgehead atoms. The molecule has 0 spiro atoms. The van der Waals surface area contributed by atoms with E-state index in [2.05, 4.69) is 21.8 Å². The summed E-state index contributed by atoms with van der Waals surface area (Å²) in [5, 5.41) is 0. The van der Waals surface area contributed by atoms with Gasteiger partial charge in [0.25, 0.3) is 5.91 Å². The van der Waals surface area contributed by atoms with Crippen LogP contribution in [0.4, 0.5) is 0 Å². The minimum atomic E-state index is -0.306. The van der Waals surface area contributed by atoms with Gasteiger partial charge < -0.3 is 0 Å². The smallest absolute Gasteiger partial charge is 0.283 e. The highest BCUT2D eigenvalue weighted by atomic mass is 16.2. The first-order valence-electron chi connectivity index (χ1n) is 3.68. The fourth-order valence-corrected chi connectivity index (χ4v) is 0.819. The minimum absolute atomic E-state index is 0.296. The standard InChI is InChI=1S/C9H9N3O/c1-3-7-5-4-6-8(11-7)9(13)12-10-2/h1,4-6,10H,2H3,(H,12,13). The highest BCUT2D eigenvalue weighted by Crippen LogP contribution is 1.97. The van der Waals surface area contributed by atoms with Gasteiger partial charge in [-0.05, 0) is 12.1 Å². The second-order valence-electron chi connectivity index (χ2n) is 2.26. The lowest BCUT2D eigenvalue weighted by Gasteiger charge is -2.01. The molecule has 1 aromatic heterocycles. The molecule has 0 aliphatic carbocycles. The van der Waals surface area contributed by atoms with Crippen LogP contribution in [0.25, 0.3) is 0 Å². The number of carbonyl (C=O) groups is 1. The molecule has 0 saturated carbocycles. The Labute approximate surface area is 76.3 Å². The molecule has 4 nitrogen and oxygen atoms in total. The quantitative estimate of drug-likeness (QED) is 0.488. The van der Waals surface area contributed by atoms with E-state index in [0.29, 0.717) is 11.4 Å². The summed E-state index contributed by atoms with van der Waals surface area (Å²) in [5.74, 6) is 2.05. The number of nitrogens with one attached hydrogen (secondary N) is 2. The van der Waals surface area contributed by atoms with Crippen LogP contribution in [0.3, 0.4) is 0 Å². The third-order valence-electron chi connectivity index (χ3n) is 1.37. The molecule has 66 valence electrons. The van der Waals surface area contributed by atoms with Crippen LogP contribution in [-0.2, 0) is 0 Å². The van der Waals surface area contributed by atoms with E-state index in [1.807, 2.05) is 0 Å². The van der Waals surface area contributed by atoms with Crippen molar-refractivity contribution in [3.8, 4) is 12.3 Å². The van der Waals surface area contributed by atoms with Crippen LogP contribution >= 0.6 is 0 Å². The maximum absolute atomic E-state index is 11.2. The number of hydrazine groups is 1. The predicted molar refractivity (Wildman–Crippen MR) is 48.7 cm³/mol. The molecule has 0 radical (unpaired) electrons. The maximum Gasteiger partial charge on any atom is 0.283 e. The predicted octanol–water partition coefficient (Wildman–Crippen LogP) is -0.0729. The Kier molecular flexibility index (Phi) is 3.01. The molecule has 2 N–H and O–H groups in total. The Morgan fingerprint density at radius 2 is 2.38 bits per heavy atom. The second-order valence-corrected chi connectivity index (χ2v) is 2.26. The van der Waals surface area contributed by atoms with E-state index in [4.69, 9.17) is 6.42 Å². The fraction of sp³-hybridized carbons (Fsp3) is 0.111. The third-order valence-corrected chi connectivity index (χ3v) is 1.37. The minimum Gasteiger partial charge on any atom is -0.286 e. The van der Waals surface area contributed by atoms with Crippen molar-refractivity contribution in [2.45, 2.75) is 0 Å². The Morgan fingerprint density at radius 1 is 1.62 bits per heavy atom. The van der Waals surface area contributed by atoms with Crippen LogP contribution in [-0.4, -0.2) is 17.9 Å². The zero-order chi connectivity index (χ0) is 9.68. The highest BCUT2D eigenvalue weighted by molar-refractivity contribution is 5.91. The number of aromatic nitrogens is 1. The molecule has 1 aromatic rings. The Hall–Kier alpha value is -1.86. The number of carbonyl (C=O) groups excluding carboxylic acids is 1. The zero-order valence-electron chi connectivity index (χ0n) is 7.16. The number of hydrogen-bond donors (Lipinski definition) is 2. The summed E-state index contributed by atoms with van der Waals surface area (Å²) in [4.78, 5) is 15.1. The molecule has 0 saturated heterocycles. The summed E-state index contributed by atoms with van der Waals surface area (Å²) in [6.07, 6.45) is 5.13. The number of amides is 1. The van der Waals surface area contributed by atoms with Gasteiger partial charge in [0, 0.05) is 7.05 Å². The largest absolute Gasteiger partial charge is 0.286 e. The first-order valence-corrected chi connectivity index (χ1v) is 3.68. The van der Waals surface area contributed by atoms with Crippen molar-refractivity contribution >= 4 is 5.91 Å². The van der Waals surface area contributed by atoms with Gasteiger partial charge in [-0.15, -0.1) is 6.42 Å². The number of rotatable bonds is 2. The molecule has 1 amide bonds. The van der Waals surface area contributed by atoms with Gasteiger partial charge in [0.1, 0.15) is 11.4 Å². The van der Waals surface area contributed by atoms with Gasteiger partial charge in [-0.25, -0.2) is 10.4 Å². The molecular weight excluding hydrogens is 166 g/mol. The molecule has 0 atom stereocenters. The zero-order valence-corrected chi connectivity index (χ0v) is 7.16. The Bertz CT molecular complexity index is 354. The van der Waals surface area contributed by atoms with Gasteiger partial charge in [0.2, 0.25) is 0 Å². The van der Waals surface area contributed by atoms with E-state index in [-0.39, 0.29) is 5.91 Å². The average molecular weight is 175 g/mol. The van der Waals surface area contributed by atoms with E-state index in [0.717, 1.165) is 0 Å². The van der Waals surface area contributed by atoms with Crippen molar-refractivity contribution in [2.24, 2.45) is 0 Å². The molecule has 1 rings (SSSR count). The summed E-state index contributed by atoms with van der Waals surface area (Å²) in [6, 6.07) is 4.94. The lowest BCUT2D eigenvalue weighted by atomic mass is 10.3. The van der Waals surface area contributed by atoms with E-state index in [1.54, 1.807) is 25.2 Å². The van der Waals surface area contributed by atoms with Gasteiger partial charge in [-0.2, -0.15) is 0 Å². The molecule has 13 heavy (non-hydrogen) atoms. The second kappa shape index (κ2) is 4.24. The molecule has 0 aliphatic rings. The van der Waals surface area contributed by atoms with E-state index in [9.17, 15) is 4.79 Å². The molecular formula is C9H9N3O. The van der Waals surface area contributed by atoms with Crippen LogP contribution in [0.2, 0.25) is 0 Å².